The van der Waals surface area contributed by atoms with E-state index in [2.05, 4.69) is 26.2 Å². The van der Waals surface area contributed by atoms with Crippen LogP contribution in [-0.2, 0) is 16.2 Å². The van der Waals surface area contributed by atoms with E-state index in [1.807, 2.05) is 0 Å². The number of carbonyl (C=O) groups is 1. The molecule has 1 aromatic carbocycles. The normalized spacial score (nSPS) is 11.5. The van der Waals surface area contributed by atoms with E-state index >= 15 is 0 Å². The first-order valence-electron chi connectivity index (χ1n) is 6.12. The van der Waals surface area contributed by atoms with E-state index in [9.17, 15) is 4.79 Å². The summed E-state index contributed by atoms with van der Waals surface area (Å²) in [4.78, 5) is 16.4. The second-order valence-electron chi connectivity index (χ2n) is 4.24. The van der Waals surface area contributed by atoms with Gasteiger partial charge in [-0.1, -0.05) is 28.4 Å². The predicted molar refractivity (Wildman–Crippen MR) is 87.8 cm³/mol. The van der Waals surface area contributed by atoms with Gasteiger partial charge in [0.2, 0.25) is 0 Å². The van der Waals surface area contributed by atoms with Crippen molar-refractivity contribution in [2.45, 2.75) is 13.0 Å². The first-order valence-corrected chi connectivity index (χ1v) is 7.67. The molecule has 9 heteroatoms. The highest BCUT2D eigenvalue weighted by molar-refractivity contribution is 9.10. The number of rotatable bonds is 5. The van der Waals surface area contributed by atoms with E-state index in [4.69, 9.17) is 33.8 Å². The molecule has 1 heterocycles. The van der Waals surface area contributed by atoms with Crippen molar-refractivity contribution in [3.8, 4) is 0 Å². The number of aryl methyl sites for hydroxylation is 1. The fraction of sp³-hybridized carbons (Fsp3) is 0.154. The van der Waals surface area contributed by atoms with Crippen LogP contribution >= 0.6 is 39.1 Å². The average molecular weight is 406 g/mol. The summed E-state index contributed by atoms with van der Waals surface area (Å²) >= 11 is 15.0. The lowest BCUT2D eigenvalue weighted by atomic mass is 10.2. The average Bonchev–Trinajstić information content (AvgIpc) is 2.88. The van der Waals surface area contributed by atoms with Gasteiger partial charge in [0, 0.05) is 16.8 Å². The summed E-state index contributed by atoms with van der Waals surface area (Å²) < 4.78 is 2.44. The molecule has 0 saturated heterocycles. The Bertz CT molecular complexity index is 718. The minimum atomic E-state index is -0.528. The zero-order valence-corrected chi connectivity index (χ0v) is 14.3. The van der Waals surface area contributed by atoms with E-state index in [0.29, 0.717) is 22.2 Å². The number of amidine groups is 1. The molecule has 0 bridgehead atoms. The Morgan fingerprint density at radius 1 is 1.45 bits per heavy atom. The molecule has 116 valence electrons. The van der Waals surface area contributed by atoms with Gasteiger partial charge in [-0.25, -0.2) is 4.79 Å². The lowest BCUT2D eigenvalue weighted by molar-refractivity contribution is -0.143. The van der Waals surface area contributed by atoms with Crippen molar-refractivity contribution >= 4 is 50.9 Å². The molecule has 22 heavy (non-hydrogen) atoms. The smallest absolute Gasteiger partial charge is 0.336 e. The molecule has 0 radical (unpaired) electrons. The Hall–Kier alpha value is -1.57. The highest BCUT2D eigenvalue weighted by atomic mass is 79.9. The molecule has 6 nitrogen and oxygen atoms in total. The van der Waals surface area contributed by atoms with Crippen LogP contribution in [0.15, 0.2) is 40.2 Å². The fourth-order valence-electron chi connectivity index (χ4n) is 1.56. The van der Waals surface area contributed by atoms with Gasteiger partial charge in [0.1, 0.15) is 0 Å². The van der Waals surface area contributed by atoms with Gasteiger partial charge >= 0.3 is 5.97 Å². The van der Waals surface area contributed by atoms with Crippen LogP contribution in [0.5, 0.6) is 0 Å². The van der Waals surface area contributed by atoms with Crippen molar-refractivity contribution in [3.63, 3.8) is 0 Å². The Morgan fingerprint density at radius 3 is 2.86 bits per heavy atom. The molecule has 1 aromatic heterocycles. The molecule has 0 atom stereocenters. The Kier molecular flexibility index (Phi) is 5.82. The van der Waals surface area contributed by atoms with E-state index in [0.717, 1.165) is 4.47 Å². The highest BCUT2D eigenvalue weighted by Gasteiger charge is 2.08. The summed E-state index contributed by atoms with van der Waals surface area (Å²) in [5, 5.41) is 8.40. The maximum absolute atomic E-state index is 11.6. The number of aromatic nitrogens is 2. The number of nitrogens with two attached hydrogens (primary N) is 1. The van der Waals surface area contributed by atoms with Gasteiger partial charge in [-0.05, 0) is 34.1 Å². The third kappa shape index (κ3) is 4.72. The number of oxime groups is 1. The molecule has 0 aliphatic rings. The number of benzene rings is 1. The van der Waals surface area contributed by atoms with Crippen LogP contribution < -0.4 is 5.73 Å². The lowest BCUT2D eigenvalue weighted by Crippen LogP contribution is -2.16. The van der Waals surface area contributed by atoms with Gasteiger partial charge in [0.05, 0.1) is 28.7 Å². The Morgan fingerprint density at radius 2 is 2.23 bits per heavy atom. The lowest BCUT2D eigenvalue weighted by Gasteiger charge is -2.04. The first kappa shape index (κ1) is 16.8. The van der Waals surface area contributed by atoms with E-state index in [1.54, 1.807) is 29.2 Å². The fourth-order valence-corrected chi connectivity index (χ4v) is 2.39. The molecule has 0 aliphatic heterocycles. The molecular formula is C13H11BrCl2N4O2. The van der Waals surface area contributed by atoms with Gasteiger partial charge in [-0.2, -0.15) is 5.10 Å². The summed E-state index contributed by atoms with van der Waals surface area (Å²) in [6.45, 7) is 0.377. The molecule has 2 rings (SSSR count). The van der Waals surface area contributed by atoms with Crippen LogP contribution in [0.4, 0.5) is 0 Å². The van der Waals surface area contributed by atoms with E-state index < -0.39 is 5.97 Å². The van der Waals surface area contributed by atoms with Gasteiger partial charge < -0.3 is 10.6 Å². The summed E-state index contributed by atoms with van der Waals surface area (Å²) in [6, 6.07) is 4.74. The number of halogens is 3. The molecule has 0 fully saturated rings. The topological polar surface area (TPSA) is 82.5 Å². The minimum absolute atomic E-state index is 0.00292. The van der Waals surface area contributed by atoms with Crippen LogP contribution in [0.1, 0.15) is 12.0 Å². The largest absolute Gasteiger partial charge is 0.380 e. The maximum atomic E-state index is 11.6. The van der Waals surface area contributed by atoms with E-state index in [-0.39, 0.29) is 12.3 Å². The van der Waals surface area contributed by atoms with Gasteiger partial charge in [-0.15, -0.1) is 0 Å². The molecule has 0 saturated carbocycles. The number of nitrogens with zero attached hydrogens (tertiary/aromatic N) is 3. The minimum Gasteiger partial charge on any atom is -0.380 e. The molecule has 2 N–H and O–H groups in total. The zero-order valence-electron chi connectivity index (χ0n) is 11.2. The number of hydrogen-bond acceptors (Lipinski definition) is 4. The highest BCUT2D eigenvalue weighted by Crippen LogP contribution is 2.20. The van der Waals surface area contributed by atoms with Crippen molar-refractivity contribution in [1.29, 1.82) is 0 Å². The van der Waals surface area contributed by atoms with Crippen molar-refractivity contribution in [2.24, 2.45) is 10.9 Å². The molecule has 2 aromatic rings. The number of carbonyl (C=O) groups excluding carboxylic acids is 1. The summed E-state index contributed by atoms with van der Waals surface area (Å²) in [6.07, 6.45) is 3.49. The maximum Gasteiger partial charge on any atom is 0.336 e. The second-order valence-corrected chi connectivity index (χ2v) is 5.99. The van der Waals surface area contributed by atoms with Crippen LogP contribution in [0, 0.1) is 0 Å². The van der Waals surface area contributed by atoms with Gasteiger partial charge in [-0.3, -0.25) is 4.68 Å². The third-order valence-electron chi connectivity index (χ3n) is 2.60. The van der Waals surface area contributed by atoms with E-state index in [1.165, 1.54) is 6.07 Å². The van der Waals surface area contributed by atoms with Crippen LogP contribution in [0.25, 0.3) is 0 Å². The number of hydrogen-bond donors (Lipinski definition) is 1. The first-order chi connectivity index (χ1) is 10.5. The van der Waals surface area contributed by atoms with Gasteiger partial charge in [0.25, 0.3) is 0 Å². The predicted octanol–water partition coefficient (Wildman–Crippen LogP) is 3.21. The molecule has 0 amide bonds. The SMILES string of the molecule is N/C(=N\OC(=O)CCn1cc(Br)cn1)c1ccc(Cl)cc1Cl. The standard InChI is InChI=1S/C13H11BrCl2N4O2/c14-8-6-18-20(7-8)4-3-12(21)22-19-13(17)10-2-1-9(15)5-11(10)16/h1-2,5-7H,3-4H2,(H2,17,19). The molecule has 0 unspecified atom stereocenters. The summed E-state index contributed by atoms with van der Waals surface area (Å²) in [5.74, 6) is -0.531. The van der Waals surface area contributed by atoms with Crippen molar-refractivity contribution in [3.05, 3.63) is 50.7 Å². The third-order valence-corrected chi connectivity index (χ3v) is 3.56. The Labute approximate surface area is 144 Å². The molecule has 0 aliphatic carbocycles. The zero-order chi connectivity index (χ0) is 16.1. The molecular weight excluding hydrogens is 395 g/mol. The Balaban J connectivity index is 1.91. The van der Waals surface area contributed by atoms with Crippen LogP contribution in [0.3, 0.4) is 0 Å². The van der Waals surface area contributed by atoms with Crippen molar-refractivity contribution in [2.75, 3.05) is 0 Å². The van der Waals surface area contributed by atoms with Crippen LogP contribution in [0.2, 0.25) is 10.0 Å². The second kappa shape index (κ2) is 7.62. The monoisotopic (exact) mass is 404 g/mol. The molecule has 0 spiro atoms. The van der Waals surface area contributed by atoms with Crippen LogP contribution in [-0.4, -0.2) is 21.6 Å². The van der Waals surface area contributed by atoms with Crippen molar-refractivity contribution in [1.82, 2.24) is 9.78 Å². The van der Waals surface area contributed by atoms with Gasteiger partial charge in [0.15, 0.2) is 5.84 Å². The van der Waals surface area contributed by atoms with Crippen molar-refractivity contribution < 1.29 is 9.63 Å². The summed E-state index contributed by atoms with van der Waals surface area (Å²) in [5.41, 5.74) is 6.17. The summed E-state index contributed by atoms with van der Waals surface area (Å²) in [7, 11) is 0. The quantitative estimate of drug-likeness (QED) is 0.358.